The van der Waals surface area contributed by atoms with Crippen LogP contribution in [0.3, 0.4) is 0 Å². The van der Waals surface area contributed by atoms with E-state index in [1.807, 2.05) is 22.6 Å². The van der Waals surface area contributed by atoms with E-state index in [0.29, 0.717) is 11.0 Å². The Hall–Kier alpha value is -0.250. The molecule has 0 aliphatic heterocycles. The summed E-state index contributed by atoms with van der Waals surface area (Å²) in [4.78, 5) is 13.5. The van der Waals surface area contributed by atoms with Crippen molar-refractivity contribution in [1.29, 1.82) is 0 Å². The fourth-order valence-corrected chi connectivity index (χ4v) is 2.04. The first-order valence-corrected chi connectivity index (χ1v) is 8.59. The maximum atomic E-state index is 12.2. The molecule has 22 heavy (non-hydrogen) atoms. The van der Waals surface area contributed by atoms with Crippen molar-refractivity contribution in [3.05, 3.63) is 0 Å². The average molecular weight is 439 g/mol. The van der Waals surface area contributed by atoms with Crippen LogP contribution in [0.2, 0.25) is 0 Å². The molecule has 1 atom stereocenters. The number of carbonyl (C=O) groups excluding carboxylic acids is 1. The summed E-state index contributed by atoms with van der Waals surface area (Å²) >= 11 is 2.04. The van der Waals surface area contributed by atoms with Gasteiger partial charge in [-0.3, -0.25) is 0 Å². The van der Waals surface area contributed by atoms with Crippen molar-refractivity contribution in [1.82, 2.24) is 4.90 Å². The summed E-state index contributed by atoms with van der Waals surface area (Å²) in [5, 5.41) is 0. The van der Waals surface area contributed by atoms with E-state index in [-0.39, 0.29) is 6.54 Å². The summed E-state index contributed by atoms with van der Waals surface area (Å²) in [6.45, 7) is 8.91. The molecular weight excluding hydrogens is 414 g/mol. The van der Waals surface area contributed by atoms with Crippen LogP contribution in [-0.4, -0.2) is 52.5 Å². The normalized spacial score (nSPS) is 15.3. The van der Waals surface area contributed by atoms with Crippen molar-refractivity contribution < 1.29 is 27.4 Å². The van der Waals surface area contributed by atoms with Gasteiger partial charge in [0.1, 0.15) is 5.60 Å². The molecule has 0 heterocycles. The van der Waals surface area contributed by atoms with E-state index in [0.717, 1.165) is 0 Å². The number of halogens is 4. The van der Waals surface area contributed by atoms with Crippen LogP contribution < -0.4 is 0 Å². The quantitative estimate of drug-likeness (QED) is 0.436. The molecule has 1 amide bonds. The Morgan fingerprint density at radius 3 is 2.09 bits per heavy atom. The average Bonchev–Trinajstić information content (AvgIpc) is 2.32. The number of amides is 1. The second-order valence-corrected chi connectivity index (χ2v) is 7.05. The molecule has 0 N–H and O–H groups in total. The Morgan fingerprint density at radius 2 is 1.73 bits per heavy atom. The first-order chi connectivity index (χ1) is 9.82. The SMILES string of the molecule is CCN(CC(C)(CI)OCCC(F)(F)F)C(=O)OC(C)(C)C. The van der Waals surface area contributed by atoms with Gasteiger partial charge in [-0.25, -0.2) is 4.79 Å². The zero-order valence-corrected chi connectivity index (χ0v) is 15.9. The number of alkyl halides is 4. The van der Waals surface area contributed by atoms with Crippen molar-refractivity contribution >= 4 is 28.7 Å². The molecule has 1 unspecified atom stereocenters. The molecule has 0 aromatic carbocycles. The monoisotopic (exact) mass is 439 g/mol. The van der Waals surface area contributed by atoms with Crippen molar-refractivity contribution in [2.45, 2.75) is 58.4 Å². The highest BCUT2D eigenvalue weighted by molar-refractivity contribution is 14.1. The van der Waals surface area contributed by atoms with E-state index in [2.05, 4.69) is 0 Å². The first kappa shape index (κ1) is 21.8. The minimum Gasteiger partial charge on any atom is -0.444 e. The van der Waals surface area contributed by atoms with Crippen LogP contribution in [0, 0.1) is 0 Å². The Kier molecular flexibility index (Phi) is 8.46. The minimum absolute atomic E-state index is 0.180. The van der Waals surface area contributed by atoms with Gasteiger partial charge in [-0.1, -0.05) is 22.6 Å². The molecule has 0 radical (unpaired) electrons. The summed E-state index contributed by atoms with van der Waals surface area (Å²) in [7, 11) is 0. The maximum Gasteiger partial charge on any atom is 0.410 e. The molecule has 8 heteroatoms. The number of likely N-dealkylation sites (N-methyl/N-ethyl adjacent to an activating group) is 1. The molecule has 0 aliphatic carbocycles. The van der Waals surface area contributed by atoms with E-state index < -0.39 is 36.5 Å². The topological polar surface area (TPSA) is 38.8 Å². The summed E-state index contributed by atoms with van der Waals surface area (Å²) in [6.07, 6.45) is -5.75. The second kappa shape index (κ2) is 8.56. The molecular formula is C14H25F3INO3. The van der Waals surface area contributed by atoms with E-state index in [4.69, 9.17) is 9.47 Å². The zero-order valence-electron chi connectivity index (χ0n) is 13.7. The largest absolute Gasteiger partial charge is 0.444 e. The molecule has 0 bridgehead atoms. The van der Waals surface area contributed by atoms with Gasteiger partial charge in [0.25, 0.3) is 0 Å². The van der Waals surface area contributed by atoms with Crippen LogP contribution in [-0.2, 0) is 9.47 Å². The lowest BCUT2D eigenvalue weighted by molar-refractivity contribution is -0.156. The summed E-state index contributed by atoms with van der Waals surface area (Å²) in [6, 6.07) is 0. The van der Waals surface area contributed by atoms with Gasteiger partial charge in [0.05, 0.1) is 25.2 Å². The van der Waals surface area contributed by atoms with E-state index in [1.165, 1.54) is 4.90 Å². The fraction of sp³-hybridized carbons (Fsp3) is 0.929. The molecule has 0 saturated carbocycles. The molecule has 0 saturated heterocycles. The molecule has 0 aromatic heterocycles. The van der Waals surface area contributed by atoms with Gasteiger partial charge < -0.3 is 14.4 Å². The zero-order chi connectivity index (χ0) is 17.6. The van der Waals surface area contributed by atoms with Crippen LogP contribution in [0.25, 0.3) is 0 Å². The third-order valence-corrected chi connectivity index (χ3v) is 4.29. The fourth-order valence-electron chi connectivity index (χ4n) is 1.58. The molecule has 0 aliphatic rings. The van der Waals surface area contributed by atoms with Crippen LogP contribution in [0.15, 0.2) is 0 Å². The van der Waals surface area contributed by atoms with Crippen molar-refractivity contribution in [3.8, 4) is 0 Å². The van der Waals surface area contributed by atoms with Crippen LogP contribution in [0.1, 0.15) is 41.0 Å². The van der Waals surface area contributed by atoms with Gasteiger partial charge in [0.2, 0.25) is 0 Å². The van der Waals surface area contributed by atoms with Crippen LogP contribution in [0.5, 0.6) is 0 Å². The highest BCUT2D eigenvalue weighted by Gasteiger charge is 2.33. The third kappa shape index (κ3) is 9.70. The number of nitrogens with zero attached hydrogens (tertiary/aromatic N) is 1. The second-order valence-electron chi connectivity index (χ2n) is 6.29. The smallest absolute Gasteiger partial charge is 0.410 e. The van der Waals surface area contributed by atoms with E-state index in [1.54, 1.807) is 34.6 Å². The third-order valence-electron chi connectivity index (χ3n) is 2.68. The highest BCUT2D eigenvalue weighted by atomic mass is 127. The number of ether oxygens (including phenoxy) is 2. The summed E-state index contributed by atoms with van der Waals surface area (Å²) in [5.74, 6) is 0. The van der Waals surface area contributed by atoms with Crippen molar-refractivity contribution in [2.24, 2.45) is 0 Å². The summed E-state index contributed by atoms with van der Waals surface area (Å²) < 4.78 is 47.8. The van der Waals surface area contributed by atoms with Crippen LogP contribution in [0.4, 0.5) is 18.0 Å². The van der Waals surface area contributed by atoms with Gasteiger partial charge in [-0.05, 0) is 34.6 Å². The Bertz CT molecular complexity index is 358. The van der Waals surface area contributed by atoms with Crippen LogP contribution >= 0.6 is 22.6 Å². The summed E-state index contributed by atoms with van der Waals surface area (Å²) in [5.41, 5.74) is -1.47. The standard InChI is InChI=1S/C14H25F3INO3/c1-6-19(11(20)22-12(2,3)4)10-13(5,9-18)21-8-7-14(15,16)17/h6-10H2,1-5H3. The Labute approximate surface area is 143 Å². The van der Waals surface area contributed by atoms with Gasteiger partial charge >= 0.3 is 12.3 Å². The molecule has 0 fully saturated rings. The number of carbonyl (C=O) groups is 1. The Morgan fingerprint density at radius 1 is 1.18 bits per heavy atom. The maximum absolute atomic E-state index is 12.2. The highest BCUT2D eigenvalue weighted by Crippen LogP contribution is 2.23. The van der Waals surface area contributed by atoms with E-state index in [9.17, 15) is 18.0 Å². The predicted octanol–water partition coefficient (Wildman–Crippen LogP) is 4.41. The van der Waals surface area contributed by atoms with Gasteiger partial charge in [-0.2, -0.15) is 13.2 Å². The lowest BCUT2D eigenvalue weighted by atomic mass is 10.1. The molecule has 0 rings (SSSR count). The minimum atomic E-state index is -4.25. The molecule has 132 valence electrons. The predicted molar refractivity (Wildman–Crippen MR) is 87.4 cm³/mol. The Balaban J connectivity index is 4.68. The number of hydrogen-bond donors (Lipinski definition) is 0. The van der Waals surface area contributed by atoms with Gasteiger partial charge in [0, 0.05) is 11.0 Å². The lowest BCUT2D eigenvalue weighted by Crippen LogP contribution is -2.48. The van der Waals surface area contributed by atoms with Gasteiger partial charge in [0.15, 0.2) is 0 Å². The number of hydrogen-bond acceptors (Lipinski definition) is 3. The van der Waals surface area contributed by atoms with Crippen molar-refractivity contribution in [3.63, 3.8) is 0 Å². The first-order valence-electron chi connectivity index (χ1n) is 7.06. The van der Waals surface area contributed by atoms with Gasteiger partial charge in [-0.15, -0.1) is 0 Å². The van der Waals surface area contributed by atoms with E-state index >= 15 is 0 Å². The molecule has 0 aromatic rings. The molecule has 4 nitrogen and oxygen atoms in total. The van der Waals surface area contributed by atoms with Crippen molar-refractivity contribution in [2.75, 3.05) is 24.1 Å². The number of rotatable bonds is 7. The lowest BCUT2D eigenvalue weighted by Gasteiger charge is -2.35. The molecule has 0 spiro atoms.